The monoisotopic (exact) mass is 300 g/mol. The Bertz CT molecular complexity index is 423. The fourth-order valence-corrected chi connectivity index (χ4v) is 1.59. The normalized spacial score (nSPS) is 9.82. The van der Waals surface area contributed by atoms with Gasteiger partial charge in [0.25, 0.3) is 5.91 Å². The highest BCUT2D eigenvalue weighted by Crippen LogP contribution is 2.09. The lowest BCUT2D eigenvalue weighted by Crippen LogP contribution is -2.33. The maximum Gasteiger partial charge on any atom is 0.325 e. The number of nitrogens with zero attached hydrogens (tertiary/aromatic N) is 2. The van der Waals surface area contributed by atoms with Crippen LogP contribution in [0.2, 0.25) is 0 Å². The van der Waals surface area contributed by atoms with Crippen LogP contribution in [0.15, 0.2) is 22.9 Å². The average Bonchev–Trinajstić information content (AvgIpc) is 2.28. The van der Waals surface area contributed by atoms with Crippen LogP contribution in [0.25, 0.3) is 0 Å². The average molecular weight is 301 g/mol. The largest absolute Gasteiger partial charge is 0.465 e. The lowest BCUT2D eigenvalue weighted by molar-refractivity contribution is -0.143. The molecule has 1 amide bonds. The molecule has 0 aliphatic carbocycles. The number of aromatic nitrogens is 1. The van der Waals surface area contributed by atoms with Crippen molar-refractivity contribution in [3.63, 3.8) is 0 Å². The minimum absolute atomic E-state index is 0.0629. The van der Waals surface area contributed by atoms with Crippen molar-refractivity contribution in [1.82, 2.24) is 9.88 Å². The molecule has 0 aliphatic rings. The molecule has 0 radical (unpaired) electrons. The van der Waals surface area contributed by atoms with E-state index >= 15 is 0 Å². The first-order valence-electron chi connectivity index (χ1n) is 5.07. The second-order valence-corrected chi connectivity index (χ2v) is 4.15. The molecule has 0 spiro atoms. The molecule has 6 heteroatoms. The summed E-state index contributed by atoms with van der Waals surface area (Å²) in [5.74, 6) is -0.669. The number of hydrogen-bond donors (Lipinski definition) is 0. The third kappa shape index (κ3) is 4.14. The van der Waals surface area contributed by atoms with E-state index in [1.54, 1.807) is 26.1 Å². The molecule has 1 aromatic heterocycles. The molecule has 5 nitrogen and oxygen atoms in total. The highest BCUT2D eigenvalue weighted by Gasteiger charge is 2.15. The molecular weight excluding hydrogens is 288 g/mol. The van der Waals surface area contributed by atoms with E-state index in [1.807, 2.05) is 0 Å². The molecule has 17 heavy (non-hydrogen) atoms. The second kappa shape index (κ2) is 6.34. The molecule has 0 saturated carbocycles. The number of esters is 1. The van der Waals surface area contributed by atoms with E-state index in [2.05, 4.69) is 20.9 Å². The maximum absolute atomic E-state index is 11.9. The summed E-state index contributed by atoms with van der Waals surface area (Å²) in [6.45, 7) is 1.97. The number of pyridine rings is 1. The molecule has 1 heterocycles. The minimum Gasteiger partial charge on any atom is -0.465 e. The zero-order valence-corrected chi connectivity index (χ0v) is 11.2. The summed E-state index contributed by atoms with van der Waals surface area (Å²) in [5, 5.41) is 0. The van der Waals surface area contributed by atoms with Crippen LogP contribution in [-0.2, 0) is 9.53 Å². The van der Waals surface area contributed by atoms with Crippen LogP contribution in [0.3, 0.4) is 0 Å². The number of hydrogen-bond acceptors (Lipinski definition) is 4. The zero-order valence-electron chi connectivity index (χ0n) is 9.64. The topological polar surface area (TPSA) is 59.5 Å². The van der Waals surface area contributed by atoms with Crippen molar-refractivity contribution in [2.75, 3.05) is 20.2 Å². The number of amides is 1. The fraction of sp³-hybridized carbons (Fsp3) is 0.364. The first-order chi connectivity index (χ1) is 8.04. The van der Waals surface area contributed by atoms with Gasteiger partial charge in [-0.15, -0.1) is 0 Å². The zero-order chi connectivity index (χ0) is 12.8. The first kappa shape index (κ1) is 13.6. The van der Waals surface area contributed by atoms with Crippen LogP contribution < -0.4 is 0 Å². The Morgan fingerprint density at radius 3 is 2.82 bits per heavy atom. The molecule has 1 aromatic rings. The Kier molecular flexibility index (Phi) is 5.09. The molecule has 0 aliphatic heterocycles. The number of likely N-dealkylation sites (N-methyl/N-ethyl adjacent to an activating group) is 1. The van der Waals surface area contributed by atoms with Gasteiger partial charge in [0.2, 0.25) is 0 Å². The van der Waals surface area contributed by atoms with E-state index in [0.717, 1.165) is 0 Å². The Labute approximate surface area is 108 Å². The standard InChI is InChI=1S/C11H13BrN2O3/c1-3-17-10(15)7-14(2)11(16)8-4-5-13-9(12)6-8/h4-6H,3,7H2,1-2H3. The molecule has 1 rings (SSSR count). The molecule has 0 unspecified atom stereocenters. The molecule has 0 fully saturated rings. The van der Waals surface area contributed by atoms with Crippen molar-refractivity contribution in [2.24, 2.45) is 0 Å². The Hall–Kier alpha value is -1.43. The number of carbonyl (C=O) groups excluding carboxylic acids is 2. The lowest BCUT2D eigenvalue weighted by atomic mass is 10.2. The van der Waals surface area contributed by atoms with Crippen LogP contribution in [0.4, 0.5) is 0 Å². The lowest BCUT2D eigenvalue weighted by Gasteiger charge is -2.15. The third-order valence-corrected chi connectivity index (χ3v) is 2.43. The fourth-order valence-electron chi connectivity index (χ4n) is 1.23. The van der Waals surface area contributed by atoms with Gasteiger partial charge in [-0.1, -0.05) is 0 Å². The van der Waals surface area contributed by atoms with Crippen LogP contribution >= 0.6 is 15.9 Å². The third-order valence-electron chi connectivity index (χ3n) is 1.99. The summed E-state index contributed by atoms with van der Waals surface area (Å²) in [5.41, 5.74) is 0.471. The van der Waals surface area contributed by atoms with Crippen molar-refractivity contribution in [3.8, 4) is 0 Å². The number of carbonyl (C=O) groups is 2. The Balaban J connectivity index is 2.67. The number of ether oxygens (including phenoxy) is 1. The summed E-state index contributed by atoms with van der Waals surface area (Å²) in [6, 6.07) is 3.19. The quantitative estimate of drug-likeness (QED) is 0.624. The van der Waals surface area contributed by atoms with Crippen molar-refractivity contribution in [3.05, 3.63) is 28.5 Å². The SMILES string of the molecule is CCOC(=O)CN(C)C(=O)c1ccnc(Br)c1. The van der Waals surface area contributed by atoms with Gasteiger partial charge in [0.05, 0.1) is 6.61 Å². The van der Waals surface area contributed by atoms with Gasteiger partial charge in [-0.2, -0.15) is 0 Å². The predicted molar refractivity (Wildman–Crippen MR) is 65.5 cm³/mol. The summed E-state index contributed by atoms with van der Waals surface area (Å²) < 4.78 is 5.34. The Morgan fingerprint density at radius 1 is 1.53 bits per heavy atom. The molecule has 0 N–H and O–H groups in total. The van der Waals surface area contributed by atoms with Gasteiger partial charge in [-0.25, -0.2) is 4.98 Å². The van der Waals surface area contributed by atoms with E-state index in [9.17, 15) is 9.59 Å². The van der Waals surface area contributed by atoms with Crippen LogP contribution in [0, 0.1) is 0 Å². The molecular formula is C11H13BrN2O3. The summed E-state index contributed by atoms with van der Waals surface area (Å²) in [6.07, 6.45) is 1.52. The molecule has 92 valence electrons. The van der Waals surface area contributed by atoms with Crippen LogP contribution in [0.5, 0.6) is 0 Å². The second-order valence-electron chi connectivity index (χ2n) is 3.33. The van der Waals surface area contributed by atoms with Crippen molar-refractivity contribution >= 4 is 27.8 Å². The van der Waals surface area contributed by atoms with Gasteiger partial charge in [0.15, 0.2) is 0 Å². The van der Waals surface area contributed by atoms with Crippen molar-refractivity contribution < 1.29 is 14.3 Å². The van der Waals surface area contributed by atoms with Gasteiger partial charge >= 0.3 is 5.97 Å². The van der Waals surface area contributed by atoms with E-state index in [-0.39, 0.29) is 12.5 Å². The van der Waals surface area contributed by atoms with E-state index in [1.165, 1.54) is 11.1 Å². The van der Waals surface area contributed by atoms with E-state index in [0.29, 0.717) is 16.8 Å². The van der Waals surface area contributed by atoms with Crippen LogP contribution in [-0.4, -0.2) is 42.0 Å². The summed E-state index contributed by atoms with van der Waals surface area (Å²) >= 11 is 3.18. The summed E-state index contributed by atoms with van der Waals surface area (Å²) in [4.78, 5) is 28.4. The van der Waals surface area contributed by atoms with Crippen molar-refractivity contribution in [1.29, 1.82) is 0 Å². The van der Waals surface area contributed by atoms with Crippen molar-refractivity contribution in [2.45, 2.75) is 6.92 Å². The highest BCUT2D eigenvalue weighted by atomic mass is 79.9. The van der Waals surface area contributed by atoms with Gasteiger partial charge in [0, 0.05) is 18.8 Å². The van der Waals surface area contributed by atoms with E-state index in [4.69, 9.17) is 4.74 Å². The van der Waals surface area contributed by atoms with Gasteiger partial charge in [-0.05, 0) is 35.0 Å². The molecule has 0 atom stereocenters. The molecule has 0 aromatic carbocycles. The predicted octanol–water partition coefficient (Wildman–Crippen LogP) is 1.48. The number of rotatable bonds is 4. The minimum atomic E-state index is -0.420. The molecule has 0 bridgehead atoms. The summed E-state index contributed by atoms with van der Waals surface area (Å²) in [7, 11) is 1.55. The first-order valence-corrected chi connectivity index (χ1v) is 5.86. The van der Waals surface area contributed by atoms with Gasteiger partial charge < -0.3 is 9.64 Å². The molecule has 0 saturated heterocycles. The van der Waals surface area contributed by atoms with Gasteiger partial charge in [-0.3, -0.25) is 9.59 Å². The highest BCUT2D eigenvalue weighted by molar-refractivity contribution is 9.10. The van der Waals surface area contributed by atoms with E-state index < -0.39 is 5.97 Å². The number of halogens is 1. The smallest absolute Gasteiger partial charge is 0.325 e. The van der Waals surface area contributed by atoms with Crippen LogP contribution in [0.1, 0.15) is 17.3 Å². The van der Waals surface area contributed by atoms with Gasteiger partial charge in [0.1, 0.15) is 11.1 Å². The Morgan fingerprint density at radius 2 is 2.24 bits per heavy atom. The maximum atomic E-state index is 11.9.